The smallest absolute Gasteiger partial charge is 0.404 e. The molecule has 3 aromatic carbocycles. The molecule has 4 aromatic rings. The number of halogens is 2. The van der Waals surface area contributed by atoms with Crippen LogP contribution in [0.25, 0.3) is 10.1 Å². The van der Waals surface area contributed by atoms with Crippen LogP contribution >= 0.6 is 42.5 Å². The predicted octanol–water partition coefficient (Wildman–Crippen LogP) is 9.33. The number of ether oxygens (including phenoxy) is 3. The molecular weight excluding hydrogens is 1210 g/mol. The average molecular weight is 1280 g/mol. The van der Waals surface area contributed by atoms with Crippen molar-refractivity contribution in [1.29, 1.82) is 5.26 Å². The molecule has 6 amide bonds. The van der Waals surface area contributed by atoms with Gasteiger partial charge in [-0.2, -0.15) is 14.0 Å². The van der Waals surface area contributed by atoms with Gasteiger partial charge in [0.2, 0.25) is 23.6 Å². The first-order valence-electron chi connectivity index (χ1n) is 29.6. The number of hydrogen-bond acceptors (Lipinski definition) is 18. The fourth-order valence-electron chi connectivity index (χ4n) is 11.7. The lowest BCUT2D eigenvalue weighted by atomic mass is 9.90. The Bertz CT molecular complexity index is 3300. The van der Waals surface area contributed by atoms with Crippen LogP contribution in [-0.2, 0) is 59.3 Å². The molecule has 1 aromatic heterocycles. The summed E-state index contributed by atoms with van der Waals surface area (Å²) < 4.78 is 76.0. The second kappa shape index (κ2) is 29.8. The van der Waals surface area contributed by atoms with Crippen LogP contribution in [0.4, 0.5) is 8.78 Å². The van der Waals surface area contributed by atoms with Crippen molar-refractivity contribution < 1.29 is 75.0 Å². The zero-order valence-corrected chi connectivity index (χ0v) is 51.9. The molecule has 6 atom stereocenters. The van der Waals surface area contributed by atoms with Crippen molar-refractivity contribution in [2.24, 2.45) is 5.92 Å². The van der Waals surface area contributed by atoms with E-state index in [2.05, 4.69) is 16.7 Å². The first-order chi connectivity index (χ1) is 41.9. The zero-order chi connectivity index (χ0) is 61.8. The summed E-state index contributed by atoms with van der Waals surface area (Å²) in [5, 5.41) is 15.5. The molecule has 9 rings (SSSR count). The van der Waals surface area contributed by atoms with Crippen molar-refractivity contribution >= 4 is 98.2 Å². The molecule has 0 radical (unpaired) electrons. The topological polar surface area (TPSA) is 257 Å². The molecule has 87 heavy (non-hydrogen) atoms. The first-order valence-corrected chi connectivity index (χ1v) is 33.9. The highest BCUT2D eigenvalue weighted by atomic mass is 32.2. The Hall–Kier alpha value is -6.26. The molecule has 2 unspecified atom stereocenters. The number of amides is 6. The Labute approximate surface area is 515 Å². The maximum absolute atomic E-state index is 16.5. The SMILES string of the molecule is CCCC(=O)SCCOP(=O)(OCCSC(=O)CCC)C(F)(F)c1ccc2sc(C(=O)NC3CCCC[C@H]4CC[C@@H](C(=O)N5C[C@@H](C#N)[C@H](c6cccc(OCCOCCOc7cccc8c7CN(C7CCC(=O)NC7=O)C8=O)c6)C5)N4C3=O)cc2c1. The van der Waals surface area contributed by atoms with Crippen molar-refractivity contribution in [3.05, 3.63) is 93.9 Å². The molecule has 4 fully saturated rings. The monoisotopic (exact) mass is 1280 g/mol. The number of fused-ring (bicyclic) bond motifs is 3. The molecule has 0 bridgehead atoms. The van der Waals surface area contributed by atoms with Crippen LogP contribution in [-0.4, -0.2) is 149 Å². The molecule has 0 aliphatic carbocycles. The molecule has 2 N–H and O–H groups in total. The van der Waals surface area contributed by atoms with Crippen molar-refractivity contribution in [2.45, 2.75) is 133 Å². The normalized spacial score (nSPS) is 21.5. The fourth-order valence-corrected chi connectivity index (χ4v) is 15.9. The molecule has 466 valence electrons. The second-order valence-electron chi connectivity index (χ2n) is 22.0. The lowest BCUT2D eigenvalue weighted by molar-refractivity contribution is -0.146. The molecule has 0 saturated carbocycles. The summed E-state index contributed by atoms with van der Waals surface area (Å²) in [6, 6.07) is 17.1. The second-order valence-corrected chi connectivity index (χ2v) is 27.4. The molecule has 0 spiro atoms. The number of piperidine rings is 1. The van der Waals surface area contributed by atoms with Crippen molar-refractivity contribution in [3.8, 4) is 17.6 Å². The van der Waals surface area contributed by atoms with Gasteiger partial charge in [-0.15, -0.1) is 11.3 Å². The van der Waals surface area contributed by atoms with E-state index in [0.717, 1.165) is 59.0 Å². The average Bonchev–Trinajstić information content (AvgIpc) is 2.00. The van der Waals surface area contributed by atoms with E-state index >= 15 is 8.78 Å². The van der Waals surface area contributed by atoms with Gasteiger partial charge < -0.3 is 43.3 Å². The summed E-state index contributed by atoms with van der Waals surface area (Å²) in [7, 11) is -5.27. The van der Waals surface area contributed by atoms with Crippen LogP contribution in [0.2, 0.25) is 0 Å². The van der Waals surface area contributed by atoms with Crippen LogP contribution in [0, 0.1) is 17.2 Å². The van der Waals surface area contributed by atoms with Gasteiger partial charge in [0.05, 0.1) is 49.8 Å². The summed E-state index contributed by atoms with van der Waals surface area (Å²) in [5.41, 5.74) is -2.95. The van der Waals surface area contributed by atoms with Crippen molar-refractivity contribution in [3.63, 3.8) is 0 Å². The van der Waals surface area contributed by atoms with Gasteiger partial charge in [0, 0.05) is 77.2 Å². The number of hydrogen-bond donors (Lipinski definition) is 2. The van der Waals surface area contributed by atoms with E-state index < -0.39 is 73.8 Å². The number of alkyl halides is 2. The number of benzene rings is 3. The first kappa shape index (κ1) is 65.2. The van der Waals surface area contributed by atoms with Gasteiger partial charge in [-0.05, 0) is 98.4 Å². The summed E-state index contributed by atoms with van der Waals surface area (Å²) in [6.07, 6.45) is 5.55. The lowest BCUT2D eigenvalue weighted by Crippen LogP contribution is -2.56. The Morgan fingerprint density at radius 3 is 2.25 bits per heavy atom. The lowest BCUT2D eigenvalue weighted by Gasteiger charge is -2.36. The third kappa shape index (κ3) is 15.4. The summed E-state index contributed by atoms with van der Waals surface area (Å²) in [4.78, 5) is 110. The Kier molecular flexibility index (Phi) is 22.4. The minimum absolute atomic E-state index is 0.0338. The highest BCUT2D eigenvalue weighted by molar-refractivity contribution is 8.13. The minimum atomic E-state index is -5.27. The van der Waals surface area contributed by atoms with Gasteiger partial charge in [-0.3, -0.25) is 48.2 Å². The van der Waals surface area contributed by atoms with Gasteiger partial charge in [0.1, 0.15) is 42.8 Å². The van der Waals surface area contributed by atoms with Gasteiger partial charge in [0.15, 0.2) is 10.2 Å². The number of rotatable bonds is 27. The molecule has 4 saturated heterocycles. The highest BCUT2D eigenvalue weighted by Crippen LogP contribution is 2.67. The molecular formula is C61H71F2N6O14PS3. The standard InChI is InChI=1S/C61H71F2N6O14PS3/c1-3-9-54(71)85-29-27-82-84(78,83-28-30-86-55(72)10-4-2)61(62,63)41-17-21-51-39(31-41)33-52(87-51)57(74)65-47-15-6-5-12-42-18-19-49(69(42)59(47)76)60(77)67-35-40(34-64)45(36-67)38-11-7-13-43(32-38)80-25-23-79-24-26-81-50-16-8-14-44-46(50)37-68(58(44)75)48-20-22-53(70)66-56(48)73/h7-8,11,13-14,16-17,21,31-33,40,42,45,47-49H,3-6,9-10,12,15,18-20,22-30,35-37H2,1-2H3,(H,65,74)(H,66,70,73)/t40-,42+,45+,47?,48?,49+/m1/s1. The number of nitrogens with zero attached hydrogens (tertiary/aromatic N) is 4. The maximum atomic E-state index is 16.5. The molecule has 20 nitrogen and oxygen atoms in total. The summed E-state index contributed by atoms with van der Waals surface area (Å²) >= 11 is 2.79. The van der Waals surface area contributed by atoms with E-state index in [1.807, 2.05) is 32.0 Å². The summed E-state index contributed by atoms with van der Waals surface area (Å²) in [5.74, 6) is -2.32. The van der Waals surface area contributed by atoms with Gasteiger partial charge >= 0.3 is 13.3 Å². The quantitative estimate of drug-likeness (QED) is 0.0320. The molecule has 26 heteroatoms. The van der Waals surface area contributed by atoms with Crippen molar-refractivity contribution in [1.82, 2.24) is 25.3 Å². The fraction of sp³-hybridized carbons (Fsp3) is 0.525. The van der Waals surface area contributed by atoms with E-state index in [9.17, 15) is 48.2 Å². The Morgan fingerprint density at radius 2 is 1.54 bits per heavy atom. The molecule has 5 aliphatic heterocycles. The van der Waals surface area contributed by atoms with Crippen molar-refractivity contribution in [2.75, 3.05) is 64.2 Å². The maximum Gasteiger partial charge on any atom is 0.404 e. The highest BCUT2D eigenvalue weighted by Gasteiger charge is 2.55. The van der Waals surface area contributed by atoms with E-state index in [-0.39, 0.29) is 133 Å². The van der Waals surface area contributed by atoms with Gasteiger partial charge in [-0.1, -0.05) is 74.5 Å². The van der Waals surface area contributed by atoms with Gasteiger partial charge in [0.25, 0.3) is 11.8 Å². The van der Waals surface area contributed by atoms with Crippen LogP contribution in [0.15, 0.2) is 66.7 Å². The minimum Gasteiger partial charge on any atom is -0.491 e. The zero-order valence-electron chi connectivity index (χ0n) is 48.5. The number of thioether (sulfide) groups is 2. The number of imide groups is 1. The number of nitriles is 1. The van der Waals surface area contributed by atoms with E-state index in [1.54, 1.807) is 34.1 Å². The van der Waals surface area contributed by atoms with Gasteiger partial charge in [-0.25, -0.2) is 0 Å². The number of nitrogens with one attached hydrogen (secondary N) is 2. The summed E-state index contributed by atoms with van der Waals surface area (Å²) in [6.45, 7) is 4.13. The number of carbonyl (C=O) groups is 8. The number of carbonyl (C=O) groups excluding carboxylic acids is 8. The van der Waals surface area contributed by atoms with E-state index in [0.29, 0.717) is 72.3 Å². The van der Waals surface area contributed by atoms with Crippen LogP contribution in [0.3, 0.4) is 0 Å². The molecule has 6 heterocycles. The van der Waals surface area contributed by atoms with Crippen LogP contribution in [0.5, 0.6) is 11.5 Å². The third-order valence-corrected chi connectivity index (χ3v) is 21.0. The van der Waals surface area contributed by atoms with Crippen LogP contribution < -0.4 is 20.1 Å². The Morgan fingerprint density at radius 1 is 0.828 bits per heavy atom. The van der Waals surface area contributed by atoms with Crippen LogP contribution in [0.1, 0.15) is 134 Å². The largest absolute Gasteiger partial charge is 0.491 e. The number of thiophene rings is 1. The van der Waals surface area contributed by atoms with E-state index in [1.165, 1.54) is 17.0 Å². The third-order valence-electron chi connectivity index (χ3n) is 16.1. The number of likely N-dealkylation sites (tertiary alicyclic amines) is 1. The Balaban J connectivity index is 0.777. The van der Waals surface area contributed by atoms with E-state index in [4.69, 9.17) is 23.3 Å². The predicted molar refractivity (Wildman–Crippen MR) is 323 cm³/mol. The molecule has 5 aliphatic rings.